The van der Waals surface area contributed by atoms with Gasteiger partial charge in [-0.25, -0.2) is 9.18 Å². The van der Waals surface area contributed by atoms with Crippen molar-refractivity contribution in [1.82, 2.24) is 20.0 Å². The Labute approximate surface area is 145 Å². The van der Waals surface area contributed by atoms with E-state index in [1.165, 1.54) is 6.07 Å². The molecule has 0 saturated carbocycles. The van der Waals surface area contributed by atoms with Crippen LogP contribution in [0.1, 0.15) is 12.0 Å². The number of nitrogens with one attached hydrogen (secondary N) is 1. The van der Waals surface area contributed by atoms with Gasteiger partial charge in [0.2, 0.25) is 5.91 Å². The predicted octanol–water partition coefficient (Wildman–Crippen LogP) is 0.412. The van der Waals surface area contributed by atoms with Crippen LogP contribution in [0.25, 0.3) is 0 Å². The third kappa shape index (κ3) is 4.14. The minimum absolute atomic E-state index is 0.0530. The van der Waals surface area contributed by atoms with E-state index in [1.807, 2.05) is 6.07 Å². The maximum Gasteiger partial charge on any atom is 0.325 e. The lowest BCUT2D eigenvalue weighted by Crippen LogP contribution is -2.44. The number of hydrogen-bond acceptors (Lipinski definition) is 4. The summed E-state index contributed by atoms with van der Waals surface area (Å²) in [5, 5.41) is 2.40. The van der Waals surface area contributed by atoms with Crippen LogP contribution in [0.15, 0.2) is 24.3 Å². The molecule has 1 aromatic carbocycles. The number of carbonyl (C=O) groups is 3. The van der Waals surface area contributed by atoms with E-state index in [4.69, 9.17) is 0 Å². The molecular formula is C17H21FN4O3. The van der Waals surface area contributed by atoms with E-state index in [9.17, 15) is 18.8 Å². The minimum Gasteiger partial charge on any atom is -0.340 e. The molecule has 2 saturated heterocycles. The number of imide groups is 1. The smallest absolute Gasteiger partial charge is 0.325 e. The molecule has 0 aliphatic carbocycles. The lowest BCUT2D eigenvalue weighted by atomic mass is 10.2. The highest BCUT2D eigenvalue weighted by Gasteiger charge is 2.32. The van der Waals surface area contributed by atoms with Crippen LogP contribution in [0.4, 0.5) is 9.18 Å². The molecule has 1 N–H and O–H groups in total. The Morgan fingerprint density at radius 1 is 1.12 bits per heavy atom. The van der Waals surface area contributed by atoms with Crippen molar-refractivity contribution in [3.8, 4) is 0 Å². The summed E-state index contributed by atoms with van der Waals surface area (Å²) in [6.45, 7) is 2.68. The van der Waals surface area contributed by atoms with Gasteiger partial charge in [0.25, 0.3) is 5.91 Å². The lowest BCUT2D eigenvalue weighted by Gasteiger charge is -2.23. The Morgan fingerprint density at radius 2 is 1.92 bits per heavy atom. The van der Waals surface area contributed by atoms with Gasteiger partial charge in [-0.1, -0.05) is 18.2 Å². The van der Waals surface area contributed by atoms with Crippen LogP contribution in [0.2, 0.25) is 0 Å². The molecule has 4 amide bonds. The van der Waals surface area contributed by atoms with Gasteiger partial charge in [-0.3, -0.25) is 19.4 Å². The second-order valence-electron chi connectivity index (χ2n) is 6.24. The predicted molar refractivity (Wildman–Crippen MR) is 88.0 cm³/mol. The van der Waals surface area contributed by atoms with Gasteiger partial charge in [0.05, 0.1) is 6.54 Å². The summed E-state index contributed by atoms with van der Waals surface area (Å²) in [4.78, 5) is 40.2. The van der Waals surface area contributed by atoms with Crippen LogP contribution in [-0.2, 0) is 16.1 Å². The summed E-state index contributed by atoms with van der Waals surface area (Å²) < 4.78 is 13.8. The average Bonchev–Trinajstić information content (AvgIpc) is 2.79. The number of benzene rings is 1. The molecule has 0 unspecified atom stereocenters. The van der Waals surface area contributed by atoms with E-state index < -0.39 is 6.03 Å². The first-order valence-corrected chi connectivity index (χ1v) is 8.36. The maximum atomic E-state index is 13.8. The number of carbonyl (C=O) groups excluding carboxylic acids is 3. The molecule has 0 radical (unpaired) electrons. The van der Waals surface area contributed by atoms with Crippen molar-refractivity contribution in [2.75, 3.05) is 39.3 Å². The molecule has 1 aromatic rings. The fourth-order valence-corrected chi connectivity index (χ4v) is 3.10. The summed E-state index contributed by atoms with van der Waals surface area (Å²) in [5.74, 6) is -0.842. The number of nitrogens with zero attached hydrogens (tertiary/aromatic N) is 3. The number of halogens is 1. The molecule has 25 heavy (non-hydrogen) atoms. The zero-order valence-corrected chi connectivity index (χ0v) is 13.9. The minimum atomic E-state index is -0.519. The SMILES string of the molecule is O=C(CN1C(=O)CNC1=O)N1CCCN(Cc2ccccc2F)CC1. The number of rotatable bonds is 4. The molecule has 2 fully saturated rings. The molecule has 134 valence electrons. The first kappa shape index (κ1) is 17.3. The van der Waals surface area contributed by atoms with Gasteiger partial charge in [-0.2, -0.15) is 0 Å². The molecule has 3 rings (SSSR count). The Bertz CT molecular complexity index is 666. The van der Waals surface area contributed by atoms with Crippen LogP contribution >= 0.6 is 0 Å². The third-order valence-corrected chi connectivity index (χ3v) is 4.52. The molecule has 2 aliphatic heterocycles. The topological polar surface area (TPSA) is 73.0 Å². The van der Waals surface area contributed by atoms with E-state index in [1.54, 1.807) is 17.0 Å². The summed E-state index contributed by atoms with van der Waals surface area (Å²) in [6, 6.07) is 6.16. The van der Waals surface area contributed by atoms with Crippen molar-refractivity contribution in [2.24, 2.45) is 0 Å². The van der Waals surface area contributed by atoms with Gasteiger partial charge in [0, 0.05) is 38.3 Å². The highest BCUT2D eigenvalue weighted by molar-refractivity contribution is 6.04. The first-order valence-electron chi connectivity index (χ1n) is 8.36. The summed E-state index contributed by atoms with van der Waals surface area (Å²) in [5.41, 5.74) is 0.640. The van der Waals surface area contributed by atoms with Gasteiger partial charge in [0.15, 0.2) is 0 Å². The first-order chi connectivity index (χ1) is 12.0. The van der Waals surface area contributed by atoms with Crippen LogP contribution < -0.4 is 5.32 Å². The van der Waals surface area contributed by atoms with E-state index in [0.29, 0.717) is 31.7 Å². The zero-order chi connectivity index (χ0) is 17.8. The third-order valence-electron chi connectivity index (χ3n) is 4.52. The van der Waals surface area contributed by atoms with E-state index in [-0.39, 0.29) is 30.7 Å². The van der Waals surface area contributed by atoms with Crippen LogP contribution in [0.5, 0.6) is 0 Å². The fourth-order valence-electron chi connectivity index (χ4n) is 3.10. The molecule has 2 heterocycles. The highest BCUT2D eigenvalue weighted by atomic mass is 19.1. The lowest BCUT2D eigenvalue weighted by molar-refractivity contribution is -0.136. The maximum absolute atomic E-state index is 13.8. The van der Waals surface area contributed by atoms with Gasteiger partial charge in [0.1, 0.15) is 12.4 Å². The van der Waals surface area contributed by atoms with Crippen molar-refractivity contribution < 1.29 is 18.8 Å². The molecule has 0 aromatic heterocycles. The average molecular weight is 348 g/mol. The van der Waals surface area contributed by atoms with Gasteiger partial charge in [-0.05, 0) is 12.5 Å². The quantitative estimate of drug-likeness (QED) is 0.800. The molecule has 7 nitrogen and oxygen atoms in total. The van der Waals surface area contributed by atoms with Crippen LogP contribution in [-0.4, -0.2) is 71.8 Å². The van der Waals surface area contributed by atoms with Crippen molar-refractivity contribution >= 4 is 17.8 Å². The second kappa shape index (κ2) is 7.60. The summed E-state index contributed by atoms with van der Waals surface area (Å²) >= 11 is 0. The normalized spacial score (nSPS) is 19.1. The molecule has 2 aliphatic rings. The van der Waals surface area contributed by atoms with Crippen molar-refractivity contribution in [3.05, 3.63) is 35.6 Å². The summed E-state index contributed by atoms with van der Waals surface area (Å²) in [7, 11) is 0. The molecule has 8 heteroatoms. The second-order valence-corrected chi connectivity index (χ2v) is 6.24. The van der Waals surface area contributed by atoms with Crippen molar-refractivity contribution in [3.63, 3.8) is 0 Å². The molecule has 0 atom stereocenters. The van der Waals surface area contributed by atoms with Crippen LogP contribution in [0, 0.1) is 5.82 Å². The highest BCUT2D eigenvalue weighted by Crippen LogP contribution is 2.13. The Hall–Kier alpha value is -2.48. The van der Waals surface area contributed by atoms with Crippen LogP contribution in [0.3, 0.4) is 0 Å². The van der Waals surface area contributed by atoms with E-state index >= 15 is 0 Å². The van der Waals surface area contributed by atoms with Gasteiger partial charge in [-0.15, -0.1) is 0 Å². The standard InChI is InChI=1S/C17H21FN4O3/c18-14-5-2-1-4-13(14)11-20-6-3-7-21(9-8-20)16(24)12-22-15(23)10-19-17(22)25/h1-2,4-5H,3,6-12H2,(H,19,25). The molecular weight excluding hydrogens is 327 g/mol. The van der Waals surface area contributed by atoms with Gasteiger partial charge >= 0.3 is 6.03 Å². The Kier molecular flexibility index (Phi) is 5.28. The Morgan fingerprint density at radius 3 is 2.64 bits per heavy atom. The fraction of sp³-hybridized carbons (Fsp3) is 0.471. The van der Waals surface area contributed by atoms with E-state index in [2.05, 4.69) is 10.2 Å². The van der Waals surface area contributed by atoms with Gasteiger partial charge < -0.3 is 10.2 Å². The van der Waals surface area contributed by atoms with E-state index in [0.717, 1.165) is 17.9 Å². The largest absolute Gasteiger partial charge is 0.340 e. The van der Waals surface area contributed by atoms with Crippen molar-refractivity contribution in [1.29, 1.82) is 0 Å². The zero-order valence-electron chi connectivity index (χ0n) is 13.9. The molecule has 0 spiro atoms. The van der Waals surface area contributed by atoms with Crippen molar-refractivity contribution in [2.45, 2.75) is 13.0 Å². The summed E-state index contributed by atoms with van der Waals surface area (Å²) in [6.07, 6.45) is 0.764. The number of hydrogen-bond donors (Lipinski definition) is 1. The Balaban J connectivity index is 1.54. The monoisotopic (exact) mass is 348 g/mol. The molecule has 0 bridgehead atoms. The number of urea groups is 1. The number of amides is 4.